The van der Waals surface area contributed by atoms with Crippen molar-refractivity contribution in [1.82, 2.24) is 15.5 Å². The van der Waals surface area contributed by atoms with Crippen LogP contribution in [0.4, 0.5) is 0 Å². The van der Waals surface area contributed by atoms with Gasteiger partial charge in [-0.3, -0.25) is 14.7 Å². The van der Waals surface area contributed by atoms with E-state index in [1.807, 2.05) is 18.2 Å². The van der Waals surface area contributed by atoms with Crippen molar-refractivity contribution < 1.29 is 19.0 Å². The van der Waals surface area contributed by atoms with Gasteiger partial charge in [-0.05, 0) is 24.1 Å². The van der Waals surface area contributed by atoms with E-state index in [2.05, 4.69) is 25.3 Å². The van der Waals surface area contributed by atoms with Gasteiger partial charge in [-0.2, -0.15) is 0 Å². The Morgan fingerprint density at radius 2 is 1.89 bits per heavy atom. The number of guanidine groups is 1. The number of hydrogen-bond acceptors (Lipinski definition) is 6. The van der Waals surface area contributed by atoms with Crippen LogP contribution in [0.1, 0.15) is 18.4 Å². The predicted molar refractivity (Wildman–Crippen MR) is 120 cm³/mol. The third-order valence-corrected chi connectivity index (χ3v) is 4.50. The first-order valence-electron chi connectivity index (χ1n) is 9.06. The summed E-state index contributed by atoms with van der Waals surface area (Å²) < 4.78 is 15.3. The molecule has 1 aliphatic heterocycles. The van der Waals surface area contributed by atoms with Gasteiger partial charge in [0.2, 0.25) is 0 Å². The number of ether oxygens (including phenoxy) is 3. The largest absolute Gasteiger partial charge is 0.497 e. The molecule has 0 aromatic heterocycles. The minimum atomic E-state index is -0.237. The number of esters is 1. The molecule has 0 amide bonds. The van der Waals surface area contributed by atoms with Gasteiger partial charge in [0.15, 0.2) is 5.96 Å². The van der Waals surface area contributed by atoms with Crippen LogP contribution < -0.4 is 20.1 Å². The zero-order valence-electron chi connectivity index (χ0n) is 17.0. The van der Waals surface area contributed by atoms with Crippen molar-refractivity contribution in [2.24, 2.45) is 4.99 Å². The van der Waals surface area contributed by atoms with Crippen LogP contribution in [0.3, 0.4) is 0 Å². The Kier molecular flexibility index (Phi) is 11.0. The standard InChI is InChI=1S/C19H30N4O4.HI/c1-20-19(21-7-5-18(24)27-4)22-15-6-8-23(13-15)12-14-9-16(25-2)11-17(10-14)26-3;/h9-11,15H,5-8,12-13H2,1-4H3,(H2,20,21,22);1H. The second kappa shape index (κ2) is 12.7. The number of halogens is 1. The van der Waals surface area contributed by atoms with Gasteiger partial charge in [-0.1, -0.05) is 0 Å². The Bertz CT molecular complexity index is 635. The molecule has 0 aliphatic carbocycles. The van der Waals surface area contributed by atoms with Gasteiger partial charge in [0.05, 0.1) is 27.8 Å². The summed E-state index contributed by atoms with van der Waals surface area (Å²) >= 11 is 0. The molecule has 0 spiro atoms. The van der Waals surface area contributed by atoms with Crippen LogP contribution in [0.15, 0.2) is 23.2 Å². The molecular weight excluding hydrogens is 475 g/mol. The molecule has 1 aromatic carbocycles. The minimum absolute atomic E-state index is 0. The number of carbonyl (C=O) groups is 1. The molecule has 0 saturated carbocycles. The van der Waals surface area contributed by atoms with Crippen LogP contribution in [0.2, 0.25) is 0 Å². The fraction of sp³-hybridized carbons (Fsp3) is 0.579. The van der Waals surface area contributed by atoms with Gasteiger partial charge in [0.1, 0.15) is 11.5 Å². The summed E-state index contributed by atoms with van der Waals surface area (Å²) in [6, 6.07) is 6.26. The number of hydrogen-bond donors (Lipinski definition) is 2. The van der Waals surface area contributed by atoms with Gasteiger partial charge in [0.25, 0.3) is 0 Å². The number of benzene rings is 1. The normalized spacial score (nSPS) is 16.9. The first kappa shape index (κ1) is 24.3. The molecule has 158 valence electrons. The van der Waals surface area contributed by atoms with Crippen molar-refractivity contribution in [3.63, 3.8) is 0 Å². The molecule has 28 heavy (non-hydrogen) atoms. The van der Waals surface area contributed by atoms with E-state index < -0.39 is 0 Å². The quantitative estimate of drug-likeness (QED) is 0.240. The molecule has 0 radical (unpaired) electrons. The molecule has 2 rings (SSSR count). The van der Waals surface area contributed by atoms with E-state index in [1.165, 1.54) is 7.11 Å². The Morgan fingerprint density at radius 1 is 1.21 bits per heavy atom. The number of aliphatic imine (C=N–C) groups is 1. The van der Waals surface area contributed by atoms with Crippen molar-refractivity contribution in [3.05, 3.63) is 23.8 Å². The maximum absolute atomic E-state index is 11.2. The second-order valence-corrected chi connectivity index (χ2v) is 6.41. The Morgan fingerprint density at radius 3 is 2.46 bits per heavy atom. The summed E-state index contributed by atoms with van der Waals surface area (Å²) in [6.07, 6.45) is 1.34. The first-order valence-corrected chi connectivity index (χ1v) is 9.06. The highest BCUT2D eigenvalue weighted by atomic mass is 127. The maximum atomic E-state index is 11.2. The van der Waals surface area contributed by atoms with E-state index in [1.54, 1.807) is 21.3 Å². The van der Waals surface area contributed by atoms with Gasteiger partial charge >= 0.3 is 5.97 Å². The molecule has 1 unspecified atom stereocenters. The number of nitrogens with one attached hydrogen (secondary N) is 2. The van der Waals surface area contributed by atoms with Crippen molar-refractivity contribution in [1.29, 1.82) is 0 Å². The average molecular weight is 506 g/mol. The number of carbonyl (C=O) groups excluding carboxylic acids is 1. The fourth-order valence-corrected chi connectivity index (χ4v) is 3.08. The van der Waals surface area contributed by atoms with E-state index in [0.29, 0.717) is 25.0 Å². The van der Waals surface area contributed by atoms with E-state index in [-0.39, 0.29) is 29.9 Å². The summed E-state index contributed by atoms with van der Waals surface area (Å²) in [4.78, 5) is 17.8. The zero-order chi connectivity index (χ0) is 19.6. The zero-order valence-corrected chi connectivity index (χ0v) is 19.3. The topological polar surface area (TPSA) is 84.4 Å². The van der Waals surface area contributed by atoms with Gasteiger partial charge in [0, 0.05) is 45.3 Å². The summed E-state index contributed by atoms with van der Waals surface area (Å²) in [5, 5.41) is 6.56. The summed E-state index contributed by atoms with van der Waals surface area (Å²) in [5.74, 6) is 2.06. The Balaban J connectivity index is 0.00000392. The SMILES string of the molecule is CN=C(NCCC(=O)OC)NC1CCN(Cc2cc(OC)cc(OC)c2)C1.I. The van der Waals surface area contributed by atoms with Gasteiger partial charge in [-0.25, -0.2) is 0 Å². The van der Waals surface area contributed by atoms with Crippen molar-refractivity contribution >= 4 is 35.9 Å². The third kappa shape index (κ3) is 7.70. The molecule has 1 heterocycles. The molecule has 1 saturated heterocycles. The van der Waals surface area contributed by atoms with Crippen molar-refractivity contribution in [3.8, 4) is 11.5 Å². The Labute approximate surface area is 184 Å². The van der Waals surface area contributed by atoms with Gasteiger partial charge < -0.3 is 24.8 Å². The number of rotatable bonds is 8. The van der Waals surface area contributed by atoms with E-state index in [9.17, 15) is 4.79 Å². The third-order valence-electron chi connectivity index (χ3n) is 4.50. The minimum Gasteiger partial charge on any atom is -0.497 e. The van der Waals surface area contributed by atoms with Crippen LogP contribution in [0, 0.1) is 0 Å². The highest BCUT2D eigenvalue weighted by Crippen LogP contribution is 2.24. The lowest BCUT2D eigenvalue weighted by Gasteiger charge is -2.19. The second-order valence-electron chi connectivity index (χ2n) is 6.41. The smallest absolute Gasteiger partial charge is 0.307 e. The number of nitrogens with zero attached hydrogens (tertiary/aromatic N) is 2. The molecule has 0 bridgehead atoms. The molecule has 8 nitrogen and oxygen atoms in total. The molecule has 2 N–H and O–H groups in total. The number of methoxy groups -OCH3 is 3. The van der Waals surface area contributed by atoms with Crippen LogP contribution in [0.5, 0.6) is 11.5 Å². The average Bonchev–Trinajstić information content (AvgIpc) is 3.13. The van der Waals surface area contributed by atoms with Crippen LogP contribution in [0.25, 0.3) is 0 Å². The van der Waals surface area contributed by atoms with Crippen LogP contribution in [-0.2, 0) is 16.1 Å². The highest BCUT2D eigenvalue weighted by Gasteiger charge is 2.23. The molecule has 1 atom stereocenters. The lowest BCUT2D eigenvalue weighted by atomic mass is 10.2. The fourth-order valence-electron chi connectivity index (χ4n) is 3.08. The molecular formula is C19H31IN4O4. The summed E-state index contributed by atoms with van der Waals surface area (Å²) in [7, 11) is 6.43. The first-order chi connectivity index (χ1) is 13.1. The van der Waals surface area contributed by atoms with Crippen molar-refractivity contribution in [2.75, 3.05) is 48.0 Å². The predicted octanol–water partition coefficient (Wildman–Crippen LogP) is 1.62. The molecule has 1 aliphatic rings. The van der Waals surface area contributed by atoms with Crippen molar-refractivity contribution in [2.45, 2.75) is 25.4 Å². The Hall–Kier alpha value is -1.75. The highest BCUT2D eigenvalue weighted by molar-refractivity contribution is 14.0. The van der Waals surface area contributed by atoms with Crippen LogP contribution >= 0.6 is 24.0 Å². The summed E-state index contributed by atoms with van der Waals surface area (Å²) in [5.41, 5.74) is 1.16. The lowest BCUT2D eigenvalue weighted by molar-refractivity contribution is -0.140. The maximum Gasteiger partial charge on any atom is 0.307 e. The van der Waals surface area contributed by atoms with E-state index >= 15 is 0 Å². The summed E-state index contributed by atoms with van der Waals surface area (Å²) in [6.45, 7) is 3.24. The monoisotopic (exact) mass is 506 g/mol. The van der Waals surface area contributed by atoms with E-state index in [0.717, 1.165) is 43.1 Å². The number of likely N-dealkylation sites (tertiary alicyclic amines) is 1. The lowest BCUT2D eigenvalue weighted by Crippen LogP contribution is -2.45. The van der Waals surface area contributed by atoms with Crippen LogP contribution in [-0.4, -0.2) is 70.9 Å². The molecule has 1 aromatic rings. The van der Waals surface area contributed by atoms with Gasteiger partial charge in [-0.15, -0.1) is 24.0 Å². The molecule has 1 fully saturated rings. The van der Waals surface area contributed by atoms with E-state index in [4.69, 9.17) is 9.47 Å². The molecule has 9 heteroatoms.